The van der Waals surface area contributed by atoms with E-state index in [9.17, 15) is 10.2 Å². The van der Waals surface area contributed by atoms with Crippen LogP contribution in [0.1, 0.15) is 11.7 Å². The van der Waals surface area contributed by atoms with Gasteiger partial charge in [-0.1, -0.05) is 22.0 Å². The van der Waals surface area contributed by atoms with E-state index in [1.165, 1.54) is 6.07 Å². The molecule has 2 N–H and O–H groups in total. The fraction of sp³-hybridized carbons (Fsp3) is 0.250. The maximum absolute atomic E-state index is 9.43. The predicted octanol–water partition coefficient (Wildman–Crippen LogP) is 2.99. The number of phenols is 1. The molecule has 0 aliphatic heterocycles. The summed E-state index contributed by atoms with van der Waals surface area (Å²) >= 11 is 14.1. The van der Waals surface area contributed by atoms with Gasteiger partial charge in [0.25, 0.3) is 0 Å². The Balaban J connectivity index is 3.01. The van der Waals surface area contributed by atoms with Crippen LogP contribution in [0.2, 0.25) is 0 Å². The van der Waals surface area contributed by atoms with Crippen LogP contribution in [0.3, 0.4) is 0 Å². The molecule has 1 rings (SSSR count). The van der Waals surface area contributed by atoms with Crippen molar-refractivity contribution >= 4 is 39.1 Å². The Morgan fingerprint density at radius 3 is 2.38 bits per heavy atom. The molecule has 0 bridgehead atoms. The highest BCUT2D eigenvalue weighted by atomic mass is 79.9. The molecule has 0 heterocycles. The quantitative estimate of drug-likeness (QED) is 0.820. The van der Waals surface area contributed by atoms with Crippen LogP contribution in [0, 0.1) is 0 Å². The van der Waals surface area contributed by atoms with Gasteiger partial charge >= 0.3 is 0 Å². The second-order valence-electron chi connectivity index (χ2n) is 2.48. The highest BCUT2D eigenvalue weighted by Gasteiger charge is 2.18. The van der Waals surface area contributed by atoms with Crippen LogP contribution in [0.4, 0.5) is 0 Å². The van der Waals surface area contributed by atoms with E-state index in [0.717, 1.165) is 4.47 Å². The van der Waals surface area contributed by atoms with Gasteiger partial charge in [-0.3, -0.25) is 0 Å². The lowest BCUT2D eigenvalue weighted by molar-refractivity contribution is 0.188. The number of benzene rings is 1. The molecule has 1 atom stereocenters. The zero-order valence-electron chi connectivity index (χ0n) is 6.42. The van der Waals surface area contributed by atoms with Crippen molar-refractivity contribution in [2.24, 2.45) is 0 Å². The van der Waals surface area contributed by atoms with Crippen LogP contribution in [0.15, 0.2) is 22.7 Å². The Hall–Kier alpha value is 0.0400. The van der Waals surface area contributed by atoms with Crippen molar-refractivity contribution in [3.63, 3.8) is 0 Å². The second kappa shape index (κ2) is 4.51. The summed E-state index contributed by atoms with van der Waals surface area (Å²) < 4.78 is 0.724. The molecule has 13 heavy (non-hydrogen) atoms. The molecule has 0 aliphatic rings. The Morgan fingerprint density at radius 2 is 1.92 bits per heavy atom. The van der Waals surface area contributed by atoms with Crippen molar-refractivity contribution in [3.8, 4) is 5.75 Å². The van der Waals surface area contributed by atoms with Crippen LogP contribution in [0.5, 0.6) is 5.75 Å². The Bertz CT molecular complexity index is 304. The van der Waals surface area contributed by atoms with Crippen molar-refractivity contribution in [2.75, 3.05) is 0 Å². The summed E-state index contributed by atoms with van der Waals surface area (Å²) in [6.07, 6.45) is -1.07. The molecule has 1 aromatic carbocycles. The first-order valence-corrected chi connectivity index (χ1v) is 5.13. The number of rotatable bonds is 2. The average Bonchev–Trinajstić information content (AvgIpc) is 2.03. The molecule has 0 radical (unpaired) electrons. The van der Waals surface area contributed by atoms with E-state index < -0.39 is 10.9 Å². The van der Waals surface area contributed by atoms with Gasteiger partial charge in [-0.15, -0.1) is 23.2 Å². The van der Waals surface area contributed by atoms with Crippen LogP contribution < -0.4 is 0 Å². The second-order valence-corrected chi connectivity index (χ2v) is 4.56. The molecule has 0 saturated heterocycles. The summed E-state index contributed by atoms with van der Waals surface area (Å²) in [5.74, 6) is -0.0341. The van der Waals surface area contributed by atoms with E-state index in [1.807, 2.05) is 0 Å². The van der Waals surface area contributed by atoms with Gasteiger partial charge in [-0.05, 0) is 12.1 Å². The average molecular weight is 286 g/mol. The zero-order chi connectivity index (χ0) is 10.0. The van der Waals surface area contributed by atoms with Crippen molar-refractivity contribution in [1.82, 2.24) is 0 Å². The topological polar surface area (TPSA) is 40.5 Å². The number of alkyl halides is 2. The van der Waals surface area contributed by atoms with Crippen molar-refractivity contribution in [2.45, 2.75) is 10.9 Å². The molecule has 1 unspecified atom stereocenters. The van der Waals surface area contributed by atoms with Crippen LogP contribution in [0.25, 0.3) is 0 Å². The minimum atomic E-state index is -1.07. The summed E-state index contributed by atoms with van der Waals surface area (Å²) in [6, 6.07) is 4.71. The molecule has 0 saturated carbocycles. The number of hydrogen-bond acceptors (Lipinski definition) is 2. The molecule has 0 spiro atoms. The fourth-order valence-corrected chi connectivity index (χ4v) is 1.52. The van der Waals surface area contributed by atoms with Gasteiger partial charge in [0.05, 0.1) is 0 Å². The van der Waals surface area contributed by atoms with Crippen LogP contribution >= 0.6 is 39.1 Å². The Labute approximate surface area is 94.2 Å². The third-order valence-corrected chi connectivity index (χ3v) is 2.52. The molecular weight excluding hydrogens is 279 g/mol. The molecule has 5 heteroatoms. The summed E-state index contributed by atoms with van der Waals surface area (Å²) in [5.41, 5.74) is 0.318. The molecule has 0 fully saturated rings. The maximum Gasteiger partial charge on any atom is 0.137 e. The van der Waals surface area contributed by atoms with Gasteiger partial charge in [0.2, 0.25) is 0 Å². The number of aliphatic hydroxyl groups is 1. The third-order valence-electron chi connectivity index (χ3n) is 1.55. The van der Waals surface area contributed by atoms with E-state index in [1.54, 1.807) is 12.1 Å². The molecule has 0 aliphatic carbocycles. The van der Waals surface area contributed by atoms with Crippen LogP contribution in [-0.2, 0) is 0 Å². The van der Waals surface area contributed by atoms with Gasteiger partial charge in [0.15, 0.2) is 0 Å². The fourth-order valence-electron chi connectivity index (χ4n) is 0.903. The molecule has 0 aromatic heterocycles. The van der Waals surface area contributed by atoms with E-state index >= 15 is 0 Å². The van der Waals surface area contributed by atoms with Crippen molar-refractivity contribution < 1.29 is 10.2 Å². The normalized spacial score (nSPS) is 13.3. The molecule has 0 amide bonds. The van der Waals surface area contributed by atoms with E-state index in [2.05, 4.69) is 15.9 Å². The first-order chi connectivity index (χ1) is 6.02. The molecular formula is C8H7BrCl2O2. The third kappa shape index (κ3) is 2.74. The number of hydrogen-bond donors (Lipinski definition) is 2. The van der Waals surface area contributed by atoms with E-state index in [-0.39, 0.29) is 5.75 Å². The highest BCUT2D eigenvalue weighted by molar-refractivity contribution is 9.10. The van der Waals surface area contributed by atoms with Gasteiger partial charge in [-0.2, -0.15) is 0 Å². The summed E-state index contributed by atoms with van der Waals surface area (Å²) in [6.45, 7) is 0. The lowest BCUT2D eigenvalue weighted by atomic mass is 10.1. The number of aromatic hydroxyl groups is 1. The predicted molar refractivity (Wildman–Crippen MR) is 56.3 cm³/mol. The minimum Gasteiger partial charge on any atom is -0.508 e. The van der Waals surface area contributed by atoms with Crippen molar-refractivity contribution in [1.29, 1.82) is 0 Å². The highest BCUT2D eigenvalue weighted by Crippen LogP contribution is 2.32. The van der Waals surface area contributed by atoms with Gasteiger partial charge < -0.3 is 10.2 Å². The summed E-state index contributed by atoms with van der Waals surface area (Å²) in [5, 5.41) is 18.8. The zero-order valence-corrected chi connectivity index (χ0v) is 9.51. The lowest BCUT2D eigenvalue weighted by Crippen LogP contribution is -2.05. The maximum atomic E-state index is 9.43. The van der Waals surface area contributed by atoms with Gasteiger partial charge in [0, 0.05) is 10.0 Å². The summed E-state index contributed by atoms with van der Waals surface area (Å²) in [4.78, 5) is -0.952. The SMILES string of the molecule is Oc1cc(Br)ccc1C(O)C(Cl)Cl. The monoisotopic (exact) mass is 284 g/mol. The Kier molecular flexibility index (Phi) is 3.86. The largest absolute Gasteiger partial charge is 0.508 e. The van der Waals surface area contributed by atoms with E-state index in [0.29, 0.717) is 5.56 Å². The first kappa shape index (κ1) is 11.1. The standard InChI is InChI=1S/C8H7BrCl2O2/c9-4-1-2-5(6(12)3-4)7(13)8(10)11/h1-3,7-8,12-13H. The summed E-state index contributed by atoms with van der Waals surface area (Å²) in [7, 11) is 0. The molecule has 2 nitrogen and oxygen atoms in total. The van der Waals surface area contributed by atoms with E-state index in [4.69, 9.17) is 23.2 Å². The minimum absolute atomic E-state index is 0.0341. The van der Waals surface area contributed by atoms with Gasteiger partial charge in [0.1, 0.15) is 16.7 Å². The molecule has 72 valence electrons. The first-order valence-electron chi connectivity index (χ1n) is 3.47. The van der Waals surface area contributed by atoms with Crippen LogP contribution in [-0.4, -0.2) is 15.0 Å². The smallest absolute Gasteiger partial charge is 0.137 e. The van der Waals surface area contributed by atoms with Gasteiger partial charge in [-0.25, -0.2) is 0 Å². The molecule has 1 aromatic rings. The Morgan fingerprint density at radius 1 is 1.31 bits per heavy atom. The number of phenolic OH excluding ortho intramolecular Hbond substituents is 1. The number of halogens is 3. The van der Waals surface area contributed by atoms with Crippen molar-refractivity contribution in [3.05, 3.63) is 28.2 Å². The lowest BCUT2D eigenvalue weighted by Gasteiger charge is -2.13. The number of aliphatic hydroxyl groups excluding tert-OH is 1.